The largest absolute Gasteiger partial charge is 0.479 e. The van der Waals surface area contributed by atoms with Gasteiger partial charge in [0.25, 0.3) is 0 Å². The lowest BCUT2D eigenvalue weighted by molar-refractivity contribution is -0.159. The topological polar surface area (TPSA) is 79.7 Å². The number of thiazole rings is 1. The Morgan fingerprint density at radius 2 is 2.21 bits per heavy atom. The van der Waals surface area contributed by atoms with E-state index in [1.54, 1.807) is 6.07 Å². The monoisotopic (exact) mass is 366 g/mol. The van der Waals surface area contributed by atoms with Crippen molar-refractivity contribution in [3.8, 4) is 10.6 Å². The predicted molar refractivity (Wildman–Crippen MR) is 90.2 cm³/mol. The second kappa shape index (κ2) is 7.29. The molecule has 0 bridgehead atoms. The molecule has 3 rings (SSSR count). The van der Waals surface area contributed by atoms with Crippen molar-refractivity contribution in [1.82, 2.24) is 9.88 Å². The Morgan fingerprint density at radius 1 is 1.42 bits per heavy atom. The lowest BCUT2D eigenvalue weighted by atomic mass is 10.2. The quantitative estimate of drug-likeness (QED) is 0.898. The molecule has 24 heavy (non-hydrogen) atoms. The zero-order chi connectivity index (χ0) is 17.1. The van der Waals surface area contributed by atoms with Crippen molar-refractivity contribution < 1.29 is 19.4 Å². The summed E-state index contributed by atoms with van der Waals surface area (Å²) < 4.78 is 5.12. The molecule has 0 aliphatic carbocycles. The summed E-state index contributed by atoms with van der Waals surface area (Å²) in [4.78, 5) is 29.3. The summed E-state index contributed by atoms with van der Waals surface area (Å²) in [6.07, 6.45) is -0.829. The van der Waals surface area contributed by atoms with Crippen LogP contribution in [0, 0.1) is 0 Å². The Hall–Kier alpha value is -1.96. The number of morpholine rings is 1. The number of amides is 1. The maximum absolute atomic E-state index is 12.4. The number of aliphatic carboxylic acids is 1. The first-order valence-corrected chi connectivity index (χ1v) is 8.62. The van der Waals surface area contributed by atoms with Crippen molar-refractivity contribution in [2.75, 3.05) is 19.7 Å². The van der Waals surface area contributed by atoms with Gasteiger partial charge in [-0.25, -0.2) is 9.78 Å². The van der Waals surface area contributed by atoms with Crippen LogP contribution in [0.25, 0.3) is 10.6 Å². The van der Waals surface area contributed by atoms with Crippen LogP contribution in [-0.4, -0.2) is 52.7 Å². The number of ether oxygens (including phenoxy) is 1. The van der Waals surface area contributed by atoms with Crippen molar-refractivity contribution >= 4 is 34.8 Å². The highest BCUT2D eigenvalue weighted by Gasteiger charge is 2.29. The molecule has 0 radical (unpaired) electrons. The number of hydrogen-bond donors (Lipinski definition) is 1. The lowest BCUT2D eigenvalue weighted by Crippen LogP contribution is -2.49. The normalized spacial score (nSPS) is 17.7. The first-order valence-electron chi connectivity index (χ1n) is 7.36. The fraction of sp³-hybridized carbons (Fsp3) is 0.312. The van der Waals surface area contributed by atoms with Crippen molar-refractivity contribution in [2.45, 2.75) is 12.5 Å². The summed E-state index contributed by atoms with van der Waals surface area (Å²) in [5.74, 6) is -1.21. The number of rotatable bonds is 4. The molecule has 1 aliphatic heterocycles. The second-order valence-electron chi connectivity index (χ2n) is 5.34. The number of carboxylic acids is 1. The van der Waals surface area contributed by atoms with Gasteiger partial charge >= 0.3 is 5.97 Å². The first-order chi connectivity index (χ1) is 11.5. The average molecular weight is 367 g/mol. The number of nitrogens with zero attached hydrogens (tertiary/aromatic N) is 2. The summed E-state index contributed by atoms with van der Waals surface area (Å²) in [7, 11) is 0. The Bertz CT molecular complexity index is 764. The van der Waals surface area contributed by atoms with Gasteiger partial charge in [0.05, 0.1) is 30.3 Å². The zero-order valence-electron chi connectivity index (χ0n) is 12.6. The third-order valence-corrected chi connectivity index (χ3v) is 4.94. The Kier molecular flexibility index (Phi) is 5.13. The highest BCUT2D eigenvalue weighted by atomic mass is 35.5. The van der Waals surface area contributed by atoms with Crippen LogP contribution in [0.5, 0.6) is 0 Å². The van der Waals surface area contributed by atoms with E-state index < -0.39 is 12.1 Å². The molecule has 1 N–H and O–H groups in total. The van der Waals surface area contributed by atoms with Crippen LogP contribution >= 0.6 is 22.9 Å². The van der Waals surface area contributed by atoms with E-state index in [0.29, 0.717) is 17.3 Å². The van der Waals surface area contributed by atoms with Gasteiger partial charge in [-0.3, -0.25) is 4.79 Å². The average Bonchev–Trinajstić information content (AvgIpc) is 3.03. The van der Waals surface area contributed by atoms with Crippen LogP contribution in [0.3, 0.4) is 0 Å². The number of carbonyl (C=O) groups is 2. The fourth-order valence-electron chi connectivity index (χ4n) is 2.44. The van der Waals surface area contributed by atoms with Crippen molar-refractivity contribution in [3.63, 3.8) is 0 Å². The van der Waals surface area contributed by atoms with Gasteiger partial charge in [0.1, 0.15) is 5.01 Å². The van der Waals surface area contributed by atoms with Gasteiger partial charge in [-0.2, -0.15) is 0 Å². The predicted octanol–water partition coefficient (Wildman–Crippen LogP) is 2.32. The molecule has 1 fully saturated rings. The summed E-state index contributed by atoms with van der Waals surface area (Å²) in [5.41, 5.74) is 1.48. The fourth-order valence-corrected chi connectivity index (χ4v) is 3.58. The number of aromatic nitrogens is 1. The van der Waals surface area contributed by atoms with E-state index in [-0.39, 0.29) is 25.5 Å². The maximum atomic E-state index is 12.4. The SMILES string of the molecule is O=C(O)[C@@H]1CN(C(=O)Cc2csc(-c3ccccc3Cl)n2)CCO1. The molecular weight excluding hydrogens is 352 g/mol. The van der Waals surface area contributed by atoms with E-state index in [0.717, 1.165) is 10.6 Å². The van der Waals surface area contributed by atoms with Crippen LogP contribution in [0.1, 0.15) is 5.69 Å². The molecule has 2 aromatic rings. The number of benzene rings is 1. The molecule has 6 nitrogen and oxygen atoms in total. The number of carboxylic acid groups (broad SMARTS) is 1. The number of hydrogen-bond acceptors (Lipinski definition) is 5. The number of halogens is 1. The van der Waals surface area contributed by atoms with Crippen LogP contribution < -0.4 is 0 Å². The smallest absolute Gasteiger partial charge is 0.334 e. The van der Waals surface area contributed by atoms with Crippen LogP contribution in [-0.2, 0) is 20.7 Å². The molecule has 0 saturated carbocycles. The van der Waals surface area contributed by atoms with Gasteiger partial charge in [-0.15, -0.1) is 11.3 Å². The molecule has 0 spiro atoms. The van der Waals surface area contributed by atoms with Gasteiger partial charge in [0.15, 0.2) is 6.10 Å². The molecule has 126 valence electrons. The summed E-state index contributed by atoms with van der Waals surface area (Å²) in [5, 5.41) is 12.2. The Labute approximate surface area is 147 Å². The van der Waals surface area contributed by atoms with Gasteiger partial charge < -0.3 is 14.7 Å². The summed E-state index contributed by atoms with van der Waals surface area (Å²) in [6.45, 7) is 0.685. The van der Waals surface area contributed by atoms with Gasteiger partial charge in [-0.1, -0.05) is 29.8 Å². The minimum atomic E-state index is -1.05. The minimum absolute atomic E-state index is 0.0652. The van der Waals surface area contributed by atoms with Crippen LogP contribution in [0.2, 0.25) is 5.02 Å². The van der Waals surface area contributed by atoms with Crippen LogP contribution in [0.4, 0.5) is 0 Å². The van der Waals surface area contributed by atoms with E-state index in [2.05, 4.69) is 4.98 Å². The Balaban J connectivity index is 1.67. The molecule has 1 aliphatic rings. The minimum Gasteiger partial charge on any atom is -0.479 e. The standard InChI is InChI=1S/C16H15ClN2O4S/c17-12-4-2-1-3-11(12)15-18-10(9-24-15)7-14(20)19-5-6-23-13(8-19)16(21)22/h1-4,9,13H,5-8H2,(H,21,22)/t13-/m0/s1. The molecule has 1 amide bonds. The molecule has 1 saturated heterocycles. The number of carbonyl (C=O) groups excluding carboxylic acids is 1. The molecular formula is C16H15ClN2O4S. The van der Waals surface area contributed by atoms with Crippen molar-refractivity contribution in [2.24, 2.45) is 0 Å². The second-order valence-corrected chi connectivity index (χ2v) is 6.60. The van der Waals surface area contributed by atoms with E-state index in [1.165, 1.54) is 16.2 Å². The third-order valence-electron chi connectivity index (χ3n) is 3.68. The van der Waals surface area contributed by atoms with Gasteiger partial charge in [-0.05, 0) is 6.07 Å². The van der Waals surface area contributed by atoms with E-state index in [1.807, 2.05) is 23.6 Å². The van der Waals surface area contributed by atoms with Crippen molar-refractivity contribution in [1.29, 1.82) is 0 Å². The van der Waals surface area contributed by atoms with Gasteiger partial charge in [0, 0.05) is 17.5 Å². The van der Waals surface area contributed by atoms with Crippen molar-refractivity contribution in [3.05, 3.63) is 40.4 Å². The third kappa shape index (κ3) is 3.75. The first kappa shape index (κ1) is 16.9. The van der Waals surface area contributed by atoms with E-state index in [9.17, 15) is 9.59 Å². The Morgan fingerprint density at radius 3 is 2.96 bits per heavy atom. The highest BCUT2D eigenvalue weighted by molar-refractivity contribution is 7.13. The summed E-state index contributed by atoms with van der Waals surface area (Å²) in [6, 6.07) is 7.41. The lowest BCUT2D eigenvalue weighted by Gasteiger charge is -2.30. The zero-order valence-corrected chi connectivity index (χ0v) is 14.2. The van der Waals surface area contributed by atoms with E-state index >= 15 is 0 Å². The molecule has 1 aromatic heterocycles. The van der Waals surface area contributed by atoms with E-state index in [4.69, 9.17) is 21.4 Å². The summed E-state index contributed by atoms with van der Waals surface area (Å²) >= 11 is 7.59. The van der Waals surface area contributed by atoms with Crippen LogP contribution in [0.15, 0.2) is 29.6 Å². The maximum Gasteiger partial charge on any atom is 0.334 e. The molecule has 1 atom stereocenters. The highest BCUT2D eigenvalue weighted by Crippen LogP contribution is 2.30. The molecule has 0 unspecified atom stereocenters. The molecule has 1 aromatic carbocycles. The molecule has 8 heteroatoms. The van der Waals surface area contributed by atoms with Gasteiger partial charge in [0.2, 0.25) is 5.91 Å². The molecule has 2 heterocycles.